The molecule has 28 heavy (non-hydrogen) atoms. The van der Waals surface area contributed by atoms with Gasteiger partial charge in [0.25, 0.3) is 5.91 Å². The third kappa shape index (κ3) is 3.96. The Labute approximate surface area is 173 Å². The molecule has 1 saturated carbocycles. The zero-order chi connectivity index (χ0) is 19.7. The fraction of sp³-hybridized carbons (Fsp3) is 0.500. The van der Waals surface area contributed by atoms with Crippen LogP contribution in [0.2, 0.25) is 5.02 Å². The number of carbonyl (C=O) groups is 2. The van der Waals surface area contributed by atoms with Gasteiger partial charge in [-0.2, -0.15) is 0 Å². The second-order valence-corrected chi connectivity index (χ2v) is 8.87. The Balaban J connectivity index is 1.53. The van der Waals surface area contributed by atoms with E-state index in [2.05, 4.69) is 21.7 Å². The molecule has 2 aromatic rings. The molecule has 2 fully saturated rings. The highest BCUT2D eigenvalue weighted by molar-refractivity contribution is 8.00. The minimum Gasteiger partial charge on any atom is -0.306 e. The monoisotopic (exact) mass is 418 g/mol. The summed E-state index contributed by atoms with van der Waals surface area (Å²) >= 11 is 7.36. The first kappa shape index (κ1) is 19.5. The lowest BCUT2D eigenvalue weighted by Crippen LogP contribution is -2.41. The molecule has 1 saturated heterocycles. The molecule has 1 aromatic heterocycles. The SMILES string of the molecule is CCn1c(S[C@H]2CCCCN(C(=O)c3ccc(Cl)cc3)C2=O)nnc1C1CC1. The van der Waals surface area contributed by atoms with Gasteiger partial charge in [0, 0.05) is 29.6 Å². The van der Waals surface area contributed by atoms with Crippen molar-refractivity contribution in [2.24, 2.45) is 0 Å². The third-order valence-corrected chi connectivity index (χ3v) is 6.71. The van der Waals surface area contributed by atoms with Crippen LogP contribution in [0, 0.1) is 0 Å². The van der Waals surface area contributed by atoms with Gasteiger partial charge in [0.05, 0.1) is 5.25 Å². The van der Waals surface area contributed by atoms with E-state index in [1.54, 1.807) is 24.3 Å². The number of halogens is 1. The summed E-state index contributed by atoms with van der Waals surface area (Å²) in [5.74, 6) is 1.14. The Kier molecular flexibility index (Phi) is 5.73. The lowest BCUT2D eigenvalue weighted by atomic mass is 10.2. The third-order valence-electron chi connectivity index (χ3n) is 5.23. The van der Waals surface area contributed by atoms with Crippen LogP contribution in [0.5, 0.6) is 0 Å². The standard InChI is InChI=1S/C20H23ClN4O2S/c1-2-24-17(13-6-7-13)22-23-20(24)28-16-5-3-4-12-25(19(16)27)18(26)14-8-10-15(21)11-9-14/h8-11,13,16H,2-7,12H2,1H3/t16-/m0/s1. The first-order valence-electron chi connectivity index (χ1n) is 9.79. The van der Waals surface area contributed by atoms with E-state index in [4.69, 9.17) is 11.6 Å². The van der Waals surface area contributed by atoms with Crippen LogP contribution in [-0.4, -0.2) is 43.3 Å². The number of imide groups is 1. The average molecular weight is 419 g/mol. The van der Waals surface area contributed by atoms with Gasteiger partial charge >= 0.3 is 0 Å². The highest BCUT2D eigenvalue weighted by Crippen LogP contribution is 2.40. The number of nitrogens with zero attached hydrogens (tertiary/aromatic N) is 4. The maximum Gasteiger partial charge on any atom is 0.260 e. The second-order valence-electron chi connectivity index (χ2n) is 7.26. The molecule has 1 aliphatic heterocycles. The first-order valence-corrected chi connectivity index (χ1v) is 11.0. The number of thioether (sulfide) groups is 1. The summed E-state index contributed by atoms with van der Waals surface area (Å²) in [4.78, 5) is 27.5. The van der Waals surface area contributed by atoms with Gasteiger partial charge < -0.3 is 4.57 Å². The number of rotatable bonds is 5. The fourth-order valence-electron chi connectivity index (χ4n) is 3.52. The van der Waals surface area contributed by atoms with Crippen molar-refractivity contribution in [2.75, 3.05) is 6.54 Å². The number of likely N-dealkylation sites (tertiary alicyclic amines) is 1. The molecular weight excluding hydrogens is 396 g/mol. The summed E-state index contributed by atoms with van der Waals surface area (Å²) in [5.41, 5.74) is 0.483. The van der Waals surface area contributed by atoms with Crippen molar-refractivity contribution in [3.8, 4) is 0 Å². The Bertz CT molecular complexity index is 879. The Morgan fingerprint density at radius 2 is 1.93 bits per heavy atom. The maximum atomic E-state index is 13.2. The summed E-state index contributed by atoms with van der Waals surface area (Å²) in [6.45, 7) is 3.31. The van der Waals surface area contributed by atoms with Gasteiger partial charge in [-0.1, -0.05) is 29.8 Å². The zero-order valence-electron chi connectivity index (χ0n) is 15.8. The molecule has 1 aliphatic carbocycles. The van der Waals surface area contributed by atoms with Crippen LogP contribution in [0.1, 0.15) is 61.1 Å². The molecule has 1 atom stereocenters. The quantitative estimate of drug-likeness (QED) is 0.682. The van der Waals surface area contributed by atoms with Crippen molar-refractivity contribution >= 4 is 35.2 Å². The van der Waals surface area contributed by atoms with Gasteiger partial charge in [-0.3, -0.25) is 14.5 Å². The number of amides is 2. The van der Waals surface area contributed by atoms with Crippen molar-refractivity contribution in [3.05, 3.63) is 40.7 Å². The lowest BCUT2D eigenvalue weighted by molar-refractivity contribution is -0.127. The highest BCUT2D eigenvalue weighted by Gasteiger charge is 2.35. The molecule has 0 bridgehead atoms. The van der Waals surface area contributed by atoms with Gasteiger partial charge in [0.15, 0.2) is 5.16 Å². The molecule has 0 radical (unpaired) electrons. The number of benzene rings is 1. The van der Waals surface area contributed by atoms with E-state index in [-0.39, 0.29) is 17.1 Å². The van der Waals surface area contributed by atoms with Gasteiger partial charge in [0.1, 0.15) is 5.82 Å². The number of hydrogen-bond acceptors (Lipinski definition) is 5. The number of hydrogen-bond donors (Lipinski definition) is 0. The van der Waals surface area contributed by atoms with Crippen LogP contribution in [0.25, 0.3) is 0 Å². The second kappa shape index (κ2) is 8.25. The predicted molar refractivity (Wildman–Crippen MR) is 109 cm³/mol. The maximum absolute atomic E-state index is 13.2. The molecule has 2 amide bonds. The molecule has 4 rings (SSSR count). The molecule has 0 unspecified atom stereocenters. The van der Waals surface area contributed by atoms with E-state index in [0.29, 0.717) is 23.0 Å². The summed E-state index contributed by atoms with van der Waals surface area (Å²) in [7, 11) is 0. The van der Waals surface area contributed by atoms with Crippen molar-refractivity contribution in [1.82, 2.24) is 19.7 Å². The summed E-state index contributed by atoms with van der Waals surface area (Å²) in [6, 6.07) is 6.68. The largest absolute Gasteiger partial charge is 0.306 e. The van der Waals surface area contributed by atoms with Gasteiger partial charge in [0.2, 0.25) is 5.91 Å². The fourth-order valence-corrected chi connectivity index (χ4v) is 4.85. The smallest absolute Gasteiger partial charge is 0.260 e. The average Bonchev–Trinajstić information content (AvgIpc) is 3.49. The van der Waals surface area contributed by atoms with E-state index in [1.165, 1.54) is 16.7 Å². The molecule has 0 N–H and O–H groups in total. The van der Waals surface area contributed by atoms with Gasteiger partial charge in [-0.05, 0) is 56.9 Å². The van der Waals surface area contributed by atoms with Crippen LogP contribution in [0.15, 0.2) is 29.4 Å². The highest BCUT2D eigenvalue weighted by atomic mass is 35.5. The van der Waals surface area contributed by atoms with E-state index in [0.717, 1.165) is 49.6 Å². The first-order chi connectivity index (χ1) is 13.6. The molecule has 0 spiro atoms. The Morgan fingerprint density at radius 3 is 2.61 bits per heavy atom. The topological polar surface area (TPSA) is 68.1 Å². The predicted octanol–water partition coefficient (Wildman–Crippen LogP) is 4.14. The molecule has 1 aromatic carbocycles. The summed E-state index contributed by atoms with van der Waals surface area (Å²) in [6.07, 6.45) is 4.78. The van der Waals surface area contributed by atoms with E-state index in [9.17, 15) is 9.59 Å². The van der Waals surface area contributed by atoms with Crippen LogP contribution in [0.4, 0.5) is 0 Å². The summed E-state index contributed by atoms with van der Waals surface area (Å²) in [5, 5.41) is 9.74. The van der Waals surface area contributed by atoms with E-state index >= 15 is 0 Å². The normalized spacial score (nSPS) is 20.3. The van der Waals surface area contributed by atoms with Gasteiger partial charge in [-0.25, -0.2) is 0 Å². The molecular formula is C20H23ClN4O2S. The van der Waals surface area contributed by atoms with Crippen molar-refractivity contribution in [3.63, 3.8) is 0 Å². The molecule has 2 heterocycles. The minimum atomic E-state index is -0.319. The van der Waals surface area contributed by atoms with E-state index < -0.39 is 0 Å². The van der Waals surface area contributed by atoms with Crippen molar-refractivity contribution < 1.29 is 9.59 Å². The number of carbonyl (C=O) groups excluding carboxylic acids is 2. The summed E-state index contributed by atoms with van der Waals surface area (Å²) < 4.78 is 2.12. The minimum absolute atomic E-state index is 0.138. The zero-order valence-corrected chi connectivity index (χ0v) is 17.4. The van der Waals surface area contributed by atoms with Crippen LogP contribution in [-0.2, 0) is 11.3 Å². The van der Waals surface area contributed by atoms with Crippen LogP contribution >= 0.6 is 23.4 Å². The Morgan fingerprint density at radius 1 is 1.18 bits per heavy atom. The van der Waals surface area contributed by atoms with E-state index in [1.807, 2.05) is 0 Å². The van der Waals surface area contributed by atoms with Crippen LogP contribution in [0.3, 0.4) is 0 Å². The van der Waals surface area contributed by atoms with Gasteiger partial charge in [-0.15, -0.1) is 10.2 Å². The molecule has 8 heteroatoms. The molecule has 6 nitrogen and oxygen atoms in total. The lowest BCUT2D eigenvalue weighted by Gasteiger charge is -2.22. The van der Waals surface area contributed by atoms with Crippen molar-refractivity contribution in [1.29, 1.82) is 0 Å². The molecule has 2 aliphatic rings. The Hall–Kier alpha value is -1.86. The number of aromatic nitrogens is 3. The molecule has 148 valence electrons. The van der Waals surface area contributed by atoms with Crippen molar-refractivity contribution in [2.45, 2.75) is 61.9 Å². The van der Waals surface area contributed by atoms with Crippen LogP contribution < -0.4 is 0 Å².